The average molecular weight is 586 g/mol. The molecule has 5 rings (SSSR count). The molecule has 7 nitrogen and oxygen atoms in total. The Balaban J connectivity index is 1.53. The maximum absolute atomic E-state index is 13.6. The summed E-state index contributed by atoms with van der Waals surface area (Å²) in [7, 11) is -3.97. The predicted molar refractivity (Wildman–Crippen MR) is 145 cm³/mol. The summed E-state index contributed by atoms with van der Waals surface area (Å²) >= 11 is 0. The van der Waals surface area contributed by atoms with Gasteiger partial charge in [-0.3, -0.25) is 4.90 Å². The Morgan fingerprint density at radius 3 is 2.39 bits per heavy atom. The number of sulfonamides is 1. The molecule has 2 heterocycles. The van der Waals surface area contributed by atoms with Gasteiger partial charge < -0.3 is 0 Å². The van der Waals surface area contributed by atoms with Crippen LogP contribution < -0.4 is 0 Å². The van der Waals surface area contributed by atoms with Crippen LogP contribution >= 0.6 is 0 Å². The summed E-state index contributed by atoms with van der Waals surface area (Å²) in [5.41, 5.74) is 3.15. The first-order valence-corrected chi connectivity index (χ1v) is 14.4. The third-order valence-corrected chi connectivity index (χ3v) is 9.41. The standard InChI is InChI=1S/C29H27F4N5O2S/c1-19-13-27-22(16-35-38(27)24-7-5-23(30)6-8-24)14-26(19)28-18-37(12-11-36(28)17-20(2)29(31,32)33)41(39,40)25-9-3-21(15-34)4-10-25/h3-10,13-14,16,20,28H,11-12,17-18H2,1-2H3. The number of fused-ring (bicyclic) bond motifs is 1. The highest BCUT2D eigenvalue weighted by Crippen LogP contribution is 2.36. The Kier molecular flexibility index (Phi) is 7.63. The minimum absolute atomic E-state index is 0.0140. The second kappa shape index (κ2) is 10.9. The molecule has 2 unspecified atom stereocenters. The zero-order valence-electron chi connectivity index (χ0n) is 22.3. The summed E-state index contributed by atoms with van der Waals surface area (Å²) in [5.74, 6) is -1.99. The molecule has 0 spiro atoms. The van der Waals surface area contributed by atoms with Crippen LogP contribution in [-0.2, 0) is 10.0 Å². The number of nitriles is 1. The van der Waals surface area contributed by atoms with Crippen molar-refractivity contribution in [1.29, 1.82) is 5.26 Å². The van der Waals surface area contributed by atoms with Gasteiger partial charge in [-0.15, -0.1) is 0 Å². The number of hydrogen-bond acceptors (Lipinski definition) is 5. The molecule has 214 valence electrons. The SMILES string of the molecule is Cc1cc2c(cnn2-c2ccc(F)cc2)cc1C1CN(S(=O)(=O)c2ccc(C#N)cc2)CCN1CC(C)C(F)(F)F. The van der Waals surface area contributed by atoms with Crippen molar-refractivity contribution >= 4 is 20.9 Å². The lowest BCUT2D eigenvalue weighted by Crippen LogP contribution is -2.52. The van der Waals surface area contributed by atoms with E-state index in [-0.39, 0.29) is 36.9 Å². The van der Waals surface area contributed by atoms with E-state index in [1.165, 1.54) is 40.7 Å². The van der Waals surface area contributed by atoms with Crippen LogP contribution in [0.4, 0.5) is 17.6 Å². The van der Waals surface area contributed by atoms with Crippen molar-refractivity contribution in [2.75, 3.05) is 26.2 Å². The summed E-state index contributed by atoms with van der Waals surface area (Å²) in [5, 5.41) is 14.2. The Morgan fingerprint density at radius 2 is 1.76 bits per heavy atom. The molecule has 2 atom stereocenters. The van der Waals surface area contributed by atoms with Gasteiger partial charge in [0.1, 0.15) is 5.82 Å². The van der Waals surface area contributed by atoms with Crippen LogP contribution in [0.5, 0.6) is 0 Å². The number of aromatic nitrogens is 2. The molecule has 0 N–H and O–H groups in total. The van der Waals surface area contributed by atoms with Crippen molar-refractivity contribution in [3.8, 4) is 11.8 Å². The fourth-order valence-corrected chi connectivity index (χ4v) is 6.61. The minimum Gasteiger partial charge on any atom is -0.293 e. The lowest BCUT2D eigenvalue weighted by Gasteiger charge is -2.42. The maximum atomic E-state index is 13.6. The molecule has 0 aliphatic carbocycles. The van der Waals surface area contributed by atoms with E-state index in [9.17, 15) is 26.0 Å². The number of rotatable bonds is 6. The lowest BCUT2D eigenvalue weighted by atomic mass is 9.95. The molecular weight excluding hydrogens is 558 g/mol. The molecule has 41 heavy (non-hydrogen) atoms. The summed E-state index contributed by atoms with van der Waals surface area (Å²) in [6, 6.07) is 16.4. The first kappa shape index (κ1) is 28.7. The first-order valence-electron chi connectivity index (χ1n) is 12.9. The summed E-state index contributed by atoms with van der Waals surface area (Å²) in [6.07, 6.45) is -2.77. The van der Waals surface area contributed by atoms with Gasteiger partial charge in [-0.25, -0.2) is 17.5 Å². The van der Waals surface area contributed by atoms with E-state index in [2.05, 4.69) is 5.10 Å². The smallest absolute Gasteiger partial charge is 0.293 e. The van der Waals surface area contributed by atoms with E-state index in [1.807, 2.05) is 25.1 Å². The lowest BCUT2D eigenvalue weighted by molar-refractivity contribution is -0.176. The fraction of sp³-hybridized carbons (Fsp3) is 0.310. The number of alkyl halides is 3. The maximum Gasteiger partial charge on any atom is 0.392 e. The van der Waals surface area contributed by atoms with Gasteiger partial charge in [-0.2, -0.15) is 27.8 Å². The van der Waals surface area contributed by atoms with Gasteiger partial charge >= 0.3 is 6.18 Å². The van der Waals surface area contributed by atoms with Crippen molar-refractivity contribution in [3.63, 3.8) is 0 Å². The summed E-state index contributed by atoms with van der Waals surface area (Å²) < 4.78 is 84.2. The highest BCUT2D eigenvalue weighted by Gasteiger charge is 2.41. The Hall–Kier alpha value is -3.79. The van der Waals surface area contributed by atoms with Crippen LogP contribution in [0.3, 0.4) is 0 Å². The Bertz CT molecular complexity index is 1710. The van der Waals surface area contributed by atoms with Gasteiger partial charge in [-0.1, -0.05) is 6.92 Å². The molecule has 3 aromatic carbocycles. The van der Waals surface area contributed by atoms with E-state index in [0.717, 1.165) is 18.0 Å². The van der Waals surface area contributed by atoms with Crippen LogP contribution in [-0.4, -0.2) is 59.8 Å². The van der Waals surface area contributed by atoms with Gasteiger partial charge in [-0.05, 0) is 78.7 Å². The zero-order valence-corrected chi connectivity index (χ0v) is 23.1. The van der Waals surface area contributed by atoms with Gasteiger partial charge in [0.05, 0.1) is 39.8 Å². The number of nitrogens with zero attached hydrogens (tertiary/aromatic N) is 5. The molecule has 1 aromatic heterocycles. The molecule has 0 saturated carbocycles. The molecule has 1 saturated heterocycles. The average Bonchev–Trinajstić information content (AvgIpc) is 3.35. The number of hydrogen-bond donors (Lipinski definition) is 0. The second-order valence-electron chi connectivity index (χ2n) is 10.3. The van der Waals surface area contributed by atoms with Crippen LogP contribution in [0.15, 0.2) is 71.8 Å². The van der Waals surface area contributed by atoms with Crippen LogP contribution in [0.2, 0.25) is 0 Å². The second-order valence-corrected chi connectivity index (χ2v) is 12.2. The molecule has 1 aliphatic rings. The number of halogens is 4. The predicted octanol–water partition coefficient (Wildman–Crippen LogP) is 5.59. The number of aryl methyl sites for hydroxylation is 1. The normalized spacial score (nSPS) is 17.9. The zero-order chi connectivity index (χ0) is 29.5. The first-order chi connectivity index (χ1) is 19.4. The van der Waals surface area contributed by atoms with Gasteiger partial charge in [0, 0.05) is 37.6 Å². The quantitative estimate of drug-likeness (QED) is 0.276. The topological polar surface area (TPSA) is 82.2 Å². The highest BCUT2D eigenvalue weighted by atomic mass is 32.2. The van der Waals surface area contributed by atoms with E-state index >= 15 is 0 Å². The molecule has 4 aromatic rings. The number of benzene rings is 3. The van der Waals surface area contributed by atoms with E-state index in [4.69, 9.17) is 5.26 Å². The molecule has 0 radical (unpaired) electrons. The molecule has 1 aliphatic heterocycles. The fourth-order valence-electron chi connectivity index (χ4n) is 5.18. The van der Waals surface area contributed by atoms with Crippen molar-refractivity contribution in [2.45, 2.75) is 31.0 Å². The monoisotopic (exact) mass is 585 g/mol. The third kappa shape index (κ3) is 5.70. The Labute approximate surface area is 235 Å². The van der Waals surface area contributed by atoms with Crippen molar-refractivity contribution in [2.24, 2.45) is 5.92 Å². The molecule has 12 heteroatoms. The summed E-state index contributed by atoms with van der Waals surface area (Å²) in [6.45, 7) is 2.74. The number of piperazine rings is 1. The molecule has 0 amide bonds. The third-order valence-electron chi connectivity index (χ3n) is 7.53. The van der Waals surface area contributed by atoms with Crippen molar-refractivity contribution in [3.05, 3.63) is 89.4 Å². The van der Waals surface area contributed by atoms with E-state index < -0.39 is 28.2 Å². The van der Waals surface area contributed by atoms with Gasteiger partial charge in [0.2, 0.25) is 10.0 Å². The van der Waals surface area contributed by atoms with Crippen LogP contribution in [0.1, 0.15) is 29.7 Å². The Morgan fingerprint density at radius 1 is 1.07 bits per heavy atom. The van der Waals surface area contributed by atoms with E-state index in [1.54, 1.807) is 27.9 Å². The van der Waals surface area contributed by atoms with Gasteiger partial charge in [0.25, 0.3) is 0 Å². The van der Waals surface area contributed by atoms with Crippen LogP contribution in [0.25, 0.3) is 16.6 Å². The van der Waals surface area contributed by atoms with Crippen molar-refractivity contribution < 1.29 is 26.0 Å². The highest BCUT2D eigenvalue weighted by molar-refractivity contribution is 7.89. The minimum atomic E-state index is -4.40. The molecule has 0 bridgehead atoms. The largest absolute Gasteiger partial charge is 0.392 e. The van der Waals surface area contributed by atoms with Gasteiger partial charge in [0.15, 0.2) is 0 Å². The molecular formula is C29H27F4N5O2S. The summed E-state index contributed by atoms with van der Waals surface area (Å²) in [4.78, 5) is 1.71. The van der Waals surface area contributed by atoms with E-state index in [0.29, 0.717) is 22.2 Å². The van der Waals surface area contributed by atoms with Crippen molar-refractivity contribution in [1.82, 2.24) is 19.0 Å². The molecule has 1 fully saturated rings. The van der Waals surface area contributed by atoms with Crippen LogP contribution in [0, 0.1) is 30.0 Å².